The first kappa shape index (κ1) is 32.2. The fourth-order valence-corrected chi connectivity index (χ4v) is 6.43. The van der Waals surface area contributed by atoms with Gasteiger partial charge < -0.3 is 9.67 Å². The third-order valence-electron chi connectivity index (χ3n) is 8.91. The molecule has 3 heterocycles. The molecule has 0 unspecified atom stereocenters. The van der Waals surface area contributed by atoms with Crippen LogP contribution in [0.5, 0.6) is 5.75 Å². The van der Waals surface area contributed by atoms with Crippen molar-refractivity contribution in [3.05, 3.63) is 152 Å². The Bertz CT molecular complexity index is 2440. The second-order valence-electron chi connectivity index (χ2n) is 13.1. The van der Waals surface area contributed by atoms with Crippen molar-refractivity contribution in [3.8, 4) is 56.2 Å². The number of imidazole rings is 1. The molecule has 0 aliphatic heterocycles. The maximum absolute atomic E-state index is 10.8. The predicted molar refractivity (Wildman–Crippen MR) is 195 cm³/mol. The van der Waals surface area contributed by atoms with Crippen LogP contribution in [0.15, 0.2) is 140 Å². The number of benzene rings is 5. The van der Waals surface area contributed by atoms with Crippen molar-refractivity contribution in [1.29, 1.82) is 0 Å². The summed E-state index contributed by atoms with van der Waals surface area (Å²) in [7, 11) is 0. The van der Waals surface area contributed by atoms with Gasteiger partial charge >= 0.3 is 0 Å². The fourth-order valence-electron chi connectivity index (χ4n) is 6.43. The Balaban J connectivity index is 0.00000378. The van der Waals surface area contributed by atoms with Crippen LogP contribution in [0, 0.1) is 6.07 Å². The summed E-state index contributed by atoms with van der Waals surface area (Å²) < 4.78 is 2.19. The number of pyridine rings is 2. The summed E-state index contributed by atoms with van der Waals surface area (Å²) in [4.78, 5) is 14.2. The Kier molecular flexibility index (Phi) is 8.48. The van der Waals surface area contributed by atoms with E-state index in [4.69, 9.17) is 9.97 Å². The van der Waals surface area contributed by atoms with Crippen LogP contribution in [0.4, 0.5) is 0 Å². The molecule has 3 aromatic heterocycles. The molecule has 242 valence electrons. The van der Waals surface area contributed by atoms with E-state index >= 15 is 0 Å². The van der Waals surface area contributed by atoms with Crippen molar-refractivity contribution >= 4 is 21.9 Å². The van der Waals surface area contributed by atoms with Crippen LogP contribution in [0.3, 0.4) is 0 Å². The molecule has 8 rings (SSSR count). The molecule has 6 heteroatoms. The Morgan fingerprint density at radius 3 is 2.20 bits per heavy atom. The summed E-state index contributed by atoms with van der Waals surface area (Å²) in [5, 5.41) is 11.9. The van der Waals surface area contributed by atoms with Crippen molar-refractivity contribution in [1.82, 2.24) is 19.5 Å². The third kappa shape index (κ3) is 5.96. The molecule has 49 heavy (non-hydrogen) atoms. The number of nitrogens with zero attached hydrogens (tertiary/aromatic N) is 4. The standard InChI is InChI=1S/C43H33N4O.Pt/c1-43(2,3)33-17-19-34(20-18-33)47-38-16-8-15-36(35-21-23-44-27-39(35)48)41(38)46-42(47)31-13-7-12-29(24-31)37-26-32(28-10-5-4-6-11-28)25-30-14-9-22-45-40(30)37;/h4-23,25-27,48H,1-3H3;/q-1;. The third-order valence-corrected chi connectivity index (χ3v) is 8.91. The molecule has 5 nitrogen and oxygen atoms in total. The minimum absolute atomic E-state index is 0. The molecule has 0 aliphatic carbocycles. The number of aromatic nitrogens is 4. The minimum atomic E-state index is 0. The molecular weight excluding hydrogens is 784 g/mol. The van der Waals surface area contributed by atoms with Gasteiger partial charge in [-0.25, -0.2) is 0 Å². The summed E-state index contributed by atoms with van der Waals surface area (Å²) in [5.74, 6) is 0.870. The number of fused-ring (bicyclic) bond motifs is 2. The summed E-state index contributed by atoms with van der Waals surface area (Å²) >= 11 is 0. The largest absolute Gasteiger partial charge is 0.506 e. The van der Waals surface area contributed by atoms with Crippen molar-refractivity contribution in [2.45, 2.75) is 26.2 Å². The van der Waals surface area contributed by atoms with E-state index in [2.05, 4.69) is 127 Å². The van der Waals surface area contributed by atoms with Gasteiger partial charge in [-0.3, -0.25) is 15.0 Å². The second-order valence-corrected chi connectivity index (χ2v) is 13.1. The van der Waals surface area contributed by atoms with Gasteiger partial charge in [-0.1, -0.05) is 98.6 Å². The molecule has 0 fully saturated rings. The maximum atomic E-state index is 10.8. The topological polar surface area (TPSA) is 63.8 Å². The molecule has 0 atom stereocenters. The number of para-hydroxylation sites is 1. The van der Waals surface area contributed by atoms with Crippen LogP contribution in [0.1, 0.15) is 26.3 Å². The van der Waals surface area contributed by atoms with E-state index in [1.165, 1.54) is 11.8 Å². The maximum Gasteiger partial charge on any atom is 0.141 e. The summed E-state index contributed by atoms with van der Waals surface area (Å²) in [6.07, 6.45) is 5.00. The molecule has 0 saturated heterocycles. The van der Waals surface area contributed by atoms with E-state index in [9.17, 15) is 5.11 Å². The second kappa shape index (κ2) is 12.9. The number of aromatic hydroxyl groups is 1. The van der Waals surface area contributed by atoms with Crippen LogP contribution < -0.4 is 0 Å². The average Bonchev–Trinajstić information content (AvgIpc) is 3.52. The van der Waals surface area contributed by atoms with Crippen molar-refractivity contribution < 1.29 is 26.2 Å². The first-order valence-electron chi connectivity index (χ1n) is 16.1. The minimum Gasteiger partial charge on any atom is -0.506 e. The number of hydrogen-bond donors (Lipinski definition) is 1. The molecule has 0 bridgehead atoms. The van der Waals surface area contributed by atoms with E-state index in [1.54, 1.807) is 6.20 Å². The van der Waals surface area contributed by atoms with Crippen LogP contribution in [0.2, 0.25) is 0 Å². The van der Waals surface area contributed by atoms with Gasteiger partial charge in [0.2, 0.25) is 0 Å². The quantitative estimate of drug-likeness (QED) is 0.176. The Hall–Kier alpha value is -5.38. The van der Waals surface area contributed by atoms with Crippen LogP contribution in [-0.4, -0.2) is 24.6 Å². The van der Waals surface area contributed by atoms with Crippen molar-refractivity contribution in [2.24, 2.45) is 0 Å². The molecule has 8 aromatic rings. The summed E-state index contributed by atoms with van der Waals surface area (Å²) in [6, 6.07) is 45.5. The number of hydrogen-bond acceptors (Lipinski definition) is 4. The molecule has 0 spiro atoms. The summed E-state index contributed by atoms with van der Waals surface area (Å²) in [6.45, 7) is 6.66. The molecular formula is C43H33N4OPt-. The Morgan fingerprint density at radius 1 is 0.653 bits per heavy atom. The fraction of sp³-hybridized carbons (Fsp3) is 0.0930. The van der Waals surface area contributed by atoms with E-state index < -0.39 is 0 Å². The van der Waals surface area contributed by atoms with Crippen LogP contribution in [0.25, 0.3) is 72.4 Å². The van der Waals surface area contributed by atoms with E-state index in [1.807, 2.05) is 36.5 Å². The van der Waals surface area contributed by atoms with Gasteiger partial charge in [-0.2, -0.15) is 0 Å². The zero-order valence-electron chi connectivity index (χ0n) is 27.3. The Morgan fingerprint density at radius 2 is 1.43 bits per heavy atom. The Labute approximate surface area is 300 Å². The van der Waals surface area contributed by atoms with E-state index in [0.29, 0.717) is 5.56 Å². The monoisotopic (exact) mass is 816 g/mol. The zero-order chi connectivity index (χ0) is 32.8. The predicted octanol–water partition coefficient (Wildman–Crippen LogP) is 10.4. The van der Waals surface area contributed by atoms with E-state index in [0.717, 1.165) is 66.8 Å². The molecule has 0 radical (unpaired) electrons. The van der Waals surface area contributed by atoms with Gasteiger partial charge in [0, 0.05) is 55.8 Å². The van der Waals surface area contributed by atoms with E-state index in [-0.39, 0.29) is 32.2 Å². The van der Waals surface area contributed by atoms with Gasteiger partial charge in [0.1, 0.15) is 5.75 Å². The van der Waals surface area contributed by atoms with Crippen molar-refractivity contribution in [2.75, 3.05) is 0 Å². The summed E-state index contributed by atoms with van der Waals surface area (Å²) in [5.41, 5.74) is 11.5. The van der Waals surface area contributed by atoms with Gasteiger partial charge in [0.15, 0.2) is 0 Å². The average molecular weight is 817 g/mol. The smallest absolute Gasteiger partial charge is 0.141 e. The first-order valence-corrected chi connectivity index (χ1v) is 16.1. The molecule has 5 aromatic carbocycles. The van der Waals surface area contributed by atoms with Crippen LogP contribution >= 0.6 is 0 Å². The SMILES string of the molecule is CC(C)(C)c1ccc(-n2c(-c3[c-]c(-c4cc(-c5ccccc5)cc5cccnc45)ccc3)nc3c(-c4ccncc4O)cccc32)cc1.[Pt]. The first-order chi connectivity index (χ1) is 23.3. The van der Waals surface area contributed by atoms with Gasteiger partial charge in [0.25, 0.3) is 0 Å². The molecule has 1 N–H and O–H groups in total. The van der Waals surface area contributed by atoms with Gasteiger partial charge in [-0.15, -0.1) is 29.8 Å². The molecule has 0 saturated carbocycles. The van der Waals surface area contributed by atoms with Crippen molar-refractivity contribution in [3.63, 3.8) is 0 Å². The van der Waals surface area contributed by atoms with Gasteiger partial charge in [-0.05, 0) is 63.9 Å². The molecule has 0 amide bonds. The number of rotatable bonds is 5. The normalized spacial score (nSPS) is 11.5. The molecule has 0 aliphatic rings. The van der Waals surface area contributed by atoms with Gasteiger partial charge in [0.05, 0.1) is 23.1 Å². The zero-order valence-corrected chi connectivity index (χ0v) is 29.6. The van der Waals surface area contributed by atoms with Crippen LogP contribution in [-0.2, 0) is 26.5 Å².